The number of amides is 1. The van der Waals surface area contributed by atoms with Gasteiger partial charge in [-0.3, -0.25) is 4.79 Å². The van der Waals surface area contributed by atoms with Crippen LogP contribution in [0.5, 0.6) is 0 Å². The summed E-state index contributed by atoms with van der Waals surface area (Å²) >= 11 is 0. The number of nitrogens with two attached hydrogens (primary N) is 1. The molecule has 68 valence electrons. The van der Waals surface area contributed by atoms with Crippen LogP contribution in [-0.4, -0.2) is 12.5 Å². The molecule has 4 heteroatoms. The van der Waals surface area contributed by atoms with Crippen molar-refractivity contribution in [2.24, 2.45) is 22.7 Å². The highest BCUT2D eigenvalue weighted by molar-refractivity contribution is 5.76. The van der Waals surface area contributed by atoms with E-state index in [1.165, 1.54) is 0 Å². The normalized spacial score (nSPS) is 29.7. The lowest BCUT2D eigenvalue weighted by Gasteiger charge is -2.24. The Morgan fingerprint density at radius 2 is 2.00 bits per heavy atom. The molecule has 0 aromatic carbocycles. The van der Waals surface area contributed by atoms with Crippen LogP contribution in [-0.2, 0) is 4.79 Å². The van der Waals surface area contributed by atoms with Crippen LogP contribution in [0.15, 0.2) is 5.11 Å². The van der Waals surface area contributed by atoms with Gasteiger partial charge in [0.1, 0.15) is 0 Å². The Kier molecular flexibility index (Phi) is 3.19. The molecule has 1 aliphatic rings. The van der Waals surface area contributed by atoms with Crippen LogP contribution in [0.3, 0.4) is 0 Å². The molecule has 1 saturated carbocycles. The first-order chi connectivity index (χ1) is 5.74. The quantitative estimate of drug-likeness (QED) is 0.614. The van der Waals surface area contributed by atoms with E-state index in [4.69, 9.17) is 11.3 Å². The third kappa shape index (κ3) is 2.29. The third-order valence-corrected chi connectivity index (χ3v) is 2.60. The fraction of sp³-hybridized carbons (Fsp3) is 0.875. The van der Waals surface area contributed by atoms with Crippen molar-refractivity contribution >= 4 is 5.91 Å². The zero-order valence-electron chi connectivity index (χ0n) is 7.12. The van der Waals surface area contributed by atoms with Crippen molar-refractivity contribution in [3.8, 4) is 0 Å². The summed E-state index contributed by atoms with van der Waals surface area (Å²) in [6.45, 7) is 0.617. The molecule has 0 atom stereocenters. The molecule has 0 saturated heterocycles. The molecule has 4 nitrogen and oxygen atoms in total. The first-order valence-electron chi connectivity index (χ1n) is 4.36. The number of hydrogen-bond acceptors (Lipinski definition) is 3. The molecule has 0 aromatic heterocycles. The van der Waals surface area contributed by atoms with Gasteiger partial charge in [0.25, 0.3) is 0 Å². The number of primary amides is 1. The maximum Gasteiger partial charge on any atom is 0.220 e. The minimum atomic E-state index is -0.170. The number of rotatable bonds is 3. The molecule has 0 bridgehead atoms. The van der Waals surface area contributed by atoms with Gasteiger partial charge in [-0.05, 0) is 31.6 Å². The summed E-state index contributed by atoms with van der Waals surface area (Å²) in [5.41, 5.74) is 11.9. The number of carbonyl (C=O) groups excluding carboxylic acids is 1. The molecule has 0 unspecified atom stereocenters. The van der Waals surface area contributed by atoms with E-state index in [1.807, 2.05) is 0 Å². The smallest absolute Gasteiger partial charge is 0.220 e. The molecule has 1 rings (SSSR count). The lowest BCUT2D eigenvalue weighted by Crippen LogP contribution is -2.28. The van der Waals surface area contributed by atoms with Crippen LogP contribution < -0.4 is 5.73 Å². The van der Waals surface area contributed by atoms with E-state index in [1.54, 1.807) is 0 Å². The Bertz CT molecular complexity index is 173. The molecule has 0 aliphatic heterocycles. The number of carbonyl (C=O) groups is 1. The highest BCUT2D eigenvalue weighted by atomic mass is 16.1. The Morgan fingerprint density at radius 1 is 1.42 bits per heavy atom. The second kappa shape index (κ2) is 4.18. The SMILES string of the molecule is N=NCC1CCC(C(N)=O)CC1. The topological polar surface area (TPSA) is 79.3 Å². The van der Waals surface area contributed by atoms with Gasteiger partial charge < -0.3 is 5.73 Å². The predicted molar refractivity (Wildman–Crippen MR) is 44.7 cm³/mol. The fourth-order valence-corrected chi connectivity index (χ4v) is 1.76. The van der Waals surface area contributed by atoms with E-state index in [0.29, 0.717) is 12.5 Å². The summed E-state index contributed by atoms with van der Waals surface area (Å²) in [6.07, 6.45) is 3.76. The first-order valence-corrected chi connectivity index (χ1v) is 4.36. The first kappa shape index (κ1) is 9.16. The average Bonchev–Trinajstić information content (AvgIpc) is 2.06. The van der Waals surface area contributed by atoms with Crippen molar-refractivity contribution in [2.45, 2.75) is 25.7 Å². The molecule has 0 aromatic rings. The summed E-state index contributed by atoms with van der Waals surface area (Å²) < 4.78 is 0. The summed E-state index contributed by atoms with van der Waals surface area (Å²) in [7, 11) is 0. The van der Waals surface area contributed by atoms with Crippen molar-refractivity contribution in [3.05, 3.63) is 0 Å². The highest BCUT2D eigenvalue weighted by Gasteiger charge is 2.24. The second-order valence-electron chi connectivity index (χ2n) is 3.46. The molecular weight excluding hydrogens is 154 g/mol. The maximum absolute atomic E-state index is 10.8. The summed E-state index contributed by atoms with van der Waals surface area (Å²) in [6, 6.07) is 0. The average molecular weight is 169 g/mol. The van der Waals surface area contributed by atoms with E-state index in [9.17, 15) is 4.79 Å². The van der Waals surface area contributed by atoms with Crippen molar-refractivity contribution < 1.29 is 4.79 Å². The third-order valence-electron chi connectivity index (χ3n) is 2.60. The van der Waals surface area contributed by atoms with Gasteiger partial charge in [-0.25, -0.2) is 5.53 Å². The Morgan fingerprint density at radius 3 is 2.42 bits per heavy atom. The number of nitrogens with zero attached hydrogens (tertiary/aromatic N) is 1. The van der Waals surface area contributed by atoms with Gasteiger partial charge >= 0.3 is 0 Å². The largest absolute Gasteiger partial charge is 0.369 e. The lowest BCUT2D eigenvalue weighted by molar-refractivity contribution is -0.122. The van der Waals surface area contributed by atoms with E-state index < -0.39 is 0 Å². The molecular formula is C8H15N3O. The van der Waals surface area contributed by atoms with E-state index >= 15 is 0 Å². The van der Waals surface area contributed by atoms with Crippen LogP contribution in [0.25, 0.3) is 0 Å². The molecule has 3 N–H and O–H groups in total. The van der Waals surface area contributed by atoms with Crippen LogP contribution in [0.4, 0.5) is 0 Å². The van der Waals surface area contributed by atoms with Crippen molar-refractivity contribution in [3.63, 3.8) is 0 Å². The van der Waals surface area contributed by atoms with Gasteiger partial charge in [-0.1, -0.05) is 0 Å². The molecule has 1 fully saturated rings. The van der Waals surface area contributed by atoms with Gasteiger partial charge in [0.15, 0.2) is 0 Å². The highest BCUT2D eigenvalue weighted by Crippen LogP contribution is 2.28. The van der Waals surface area contributed by atoms with Crippen molar-refractivity contribution in [2.75, 3.05) is 6.54 Å². The van der Waals surface area contributed by atoms with Gasteiger partial charge in [0.2, 0.25) is 5.91 Å². The monoisotopic (exact) mass is 169 g/mol. The Hall–Kier alpha value is -0.930. The Balaban J connectivity index is 2.29. The summed E-state index contributed by atoms with van der Waals surface area (Å²) in [4.78, 5) is 10.8. The maximum atomic E-state index is 10.8. The zero-order chi connectivity index (χ0) is 8.97. The van der Waals surface area contributed by atoms with Crippen LogP contribution >= 0.6 is 0 Å². The second-order valence-corrected chi connectivity index (χ2v) is 3.46. The van der Waals surface area contributed by atoms with Crippen LogP contribution in [0, 0.1) is 17.4 Å². The summed E-state index contributed by atoms with van der Waals surface area (Å²) in [5, 5.41) is 3.36. The minimum Gasteiger partial charge on any atom is -0.369 e. The van der Waals surface area contributed by atoms with Crippen LogP contribution in [0.1, 0.15) is 25.7 Å². The van der Waals surface area contributed by atoms with Crippen molar-refractivity contribution in [1.82, 2.24) is 0 Å². The van der Waals surface area contributed by atoms with Gasteiger partial charge in [-0.2, -0.15) is 5.11 Å². The van der Waals surface area contributed by atoms with E-state index in [-0.39, 0.29) is 11.8 Å². The number of nitrogens with one attached hydrogen (secondary N) is 1. The molecule has 1 amide bonds. The lowest BCUT2D eigenvalue weighted by atomic mass is 9.82. The van der Waals surface area contributed by atoms with Crippen LogP contribution in [0.2, 0.25) is 0 Å². The molecule has 1 aliphatic carbocycles. The Labute approximate surface area is 72.0 Å². The van der Waals surface area contributed by atoms with Gasteiger partial charge in [0.05, 0.1) is 6.54 Å². The molecule has 0 spiro atoms. The number of hydrogen-bond donors (Lipinski definition) is 2. The minimum absolute atomic E-state index is 0.0759. The fourth-order valence-electron chi connectivity index (χ4n) is 1.76. The molecule has 0 heterocycles. The summed E-state index contributed by atoms with van der Waals surface area (Å²) in [5.74, 6) is 0.418. The van der Waals surface area contributed by atoms with Gasteiger partial charge in [0, 0.05) is 5.92 Å². The molecule has 12 heavy (non-hydrogen) atoms. The zero-order valence-corrected chi connectivity index (χ0v) is 7.12. The molecule has 0 radical (unpaired) electrons. The van der Waals surface area contributed by atoms with Crippen molar-refractivity contribution in [1.29, 1.82) is 5.53 Å². The van der Waals surface area contributed by atoms with E-state index in [0.717, 1.165) is 25.7 Å². The predicted octanol–water partition coefficient (Wildman–Crippen LogP) is 1.31. The van der Waals surface area contributed by atoms with Gasteiger partial charge in [-0.15, -0.1) is 0 Å². The standard InChI is InChI=1S/C8H15N3O/c9-8(12)7-3-1-6(2-4-7)5-11-10/h6-7,10H,1-5H2,(H2,9,12). The van der Waals surface area contributed by atoms with E-state index in [2.05, 4.69) is 5.11 Å².